The van der Waals surface area contributed by atoms with Crippen molar-refractivity contribution >= 4 is 45.6 Å². The number of primary amides is 1. The number of rotatable bonds is 7. The number of esters is 1. The maximum Gasteiger partial charge on any atom is 0.319 e. The van der Waals surface area contributed by atoms with Gasteiger partial charge in [-0.25, -0.2) is 4.79 Å². The van der Waals surface area contributed by atoms with E-state index in [4.69, 9.17) is 10.5 Å². The third kappa shape index (κ3) is 6.92. The summed E-state index contributed by atoms with van der Waals surface area (Å²) in [7, 11) is 0. The molecule has 3 N–H and O–H groups in total. The Labute approximate surface area is 154 Å². The first kappa shape index (κ1) is 20.5. The van der Waals surface area contributed by atoms with E-state index in [2.05, 4.69) is 15.9 Å². The molecule has 0 saturated heterocycles. The molecule has 1 aromatic rings. The number of thioether (sulfide) groups is 1. The van der Waals surface area contributed by atoms with Crippen molar-refractivity contribution < 1.29 is 19.1 Å². The molecule has 3 amide bonds. The number of hydrogen-bond acceptors (Lipinski definition) is 5. The number of nitrogens with one attached hydrogen (secondary N) is 1. The van der Waals surface area contributed by atoms with Crippen LogP contribution in [0.4, 0.5) is 4.79 Å². The third-order valence-corrected chi connectivity index (χ3v) is 4.82. The van der Waals surface area contributed by atoms with Crippen molar-refractivity contribution in [1.29, 1.82) is 0 Å². The highest BCUT2D eigenvalue weighted by Crippen LogP contribution is 2.21. The van der Waals surface area contributed by atoms with Gasteiger partial charge in [0.25, 0.3) is 5.91 Å². The van der Waals surface area contributed by atoms with Crippen LogP contribution >= 0.6 is 27.7 Å². The average molecular weight is 417 g/mol. The second-order valence-corrected chi connectivity index (χ2v) is 7.78. The van der Waals surface area contributed by atoms with Gasteiger partial charge in [-0.3, -0.25) is 14.9 Å². The van der Waals surface area contributed by atoms with Gasteiger partial charge in [-0.2, -0.15) is 0 Å². The van der Waals surface area contributed by atoms with Crippen LogP contribution in [0.2, 0.25) is 0 Å². The predicted molar refractivity (Wildman–Crippen MR) is 97.3 cm³/mol. The average Bonchev–Trinajstić information content (AvgIpc) is 2.50. The number of ether oxygens (including phenoxy) is 1. The maximum atomic E-state index is 12.2. The largest absolute Gasteiger partial charge is 0.451 e. The van der Waals surface area contributed by atoms with E-state index in [0.717, 1.165) is 10.0 Å². The molecule has 0 spiro atoms. The normalized spacial score (nSPS) is 13.2. The molecule has 1 rings (SSSR count). The van der Waals surface area contributed by atoms with Gasteiger partial charge in [0.2, 0.25) is 0 Å². The Morgan fingerprint density at radius 3 is 2.29 bits per heavy atom. The number of imide groups is 1. The van der Waals surface area contributed by atoms with Crippen LogP contribution in [0, 0.1) is 5.92 Å². The van der Waals surface area contributed by atoms with Gasteiger partial charge < -0.3 is 10.5 Å². The molecule has 0 bridgehead atoms. The van der Waals surface area contributed by atoms with E-state index in [0.29, 0.717) is 5.75 Å². The fraction of sp³-hybridized carbons (Fsp3) is 0.438. The summed E-state index contributed by atoms with van der Waals surface area (Å²) in [6.07, 6.45) is -1.05. The molecule has 6 nitrogen and oxygen atoms in total. The van der Waals surface area contributed by atoms with E-state index in [9.17, 15) is 14.4 Å². The van der Waals surface area contributed by atoms with Crippen LogP contribution in [0.5, 0.6) is 0 Å². The molecular formula is C16H21BrN2O4S. The van der Waals surface area contributed by atoms with Crippen molar-refractivity contribution in [2.75, 3.05) is 0 Å². The monoisotopic (exact) mass is 416 g/mol. The summed E-state index contributed by atoms with van der Waals surface area (Å²) in [6.45, 7) is 5.16. The molecule has 0 unspecified atom stereocenters. The highest BCUT2D eigenvalue weighted by Gasteiger charge is 2.29. The smallest absolute Gasteiger partial charge is 0.319 e. The molecule has 132 valence electrons. The first-order valence-corrected chi connectivity index (χ1v) is 9.21. The van der Waals surface area contributed by atoms with Gasteiger partial charge in [0, 0.05) is 10.2 Å². The first-order chi connectivity index (χ1) is 11.2. The van der Waals surface area contributed by atoms with E-state index in [1.807, 2.05) is 29.6 Å². The van der Waals surface area contributed by atoms with E-state index in [1.54, 1.807) is 20.8 Å². The second kappa shape index (κ2) is 9.68. The fourth-order valence-corrected chi connectivity index (χ4v) is 2.87. The van der Waals surface area contributed by atoms with E-state index >= 15 is 0 Å². The molecule has 2 atom stereocenters. The molecule has 0 aromatic heterocycles. The lowest BCUT2D eigenvalue weighted by Gasteiger charge is -2.21. The van der Waals surface area contributed by atoms with Gasteiger partial charge in [0.05, 0.1) is 5.25 Å². The van der Waals surface area contributed by atoms with E-state index < -0.39 is 29.3 Å². The zero-order valence-electron chi connectivity index (χ0n) is 13.7. The van der Waals surface area contributed by atoms with Gasteiger partial charge >= 0.3 is 12.0 Å². The van der Waals surface area contributed by atoms with Crippen molar-refractivity contribution in [2.45, 2.75) is 37.9 Å². The maximum absolute atomic E-state index is 12.2. The topological polar surface area (TPSA) is 98.5 Å². The Bertz CT molecular complexity index is 592. The molecular weight excluding hydrogens is 396 g/mol. The van der Waals surface area contributed by atoms with Gasteiger partial charge in [0.15, 0.2) is 6.10 Å². The second-order valence-electron chi connectivity index (χ2n) is 5.53. The van der Waals surface area contributed by atoms with Crippen molar-refractivity contribution in [3.8, 4) is 0 Å². The number of carbonyl (C=O) groups is 3. The molecule has 8 heteroatoms. The van der Waals surface area contributed by atoms with Crippen molar-refractivity contribution in [1.82, 2.24) is 5.32 Å². The summed E-state index contributed by atoms with van der Waals surface area (Å²) in [5.41, 5.74) is 6.00. The van der Waals surface area contributed by atoms with Crippen LogP contribution in [0.1, 0.15) is 26.3 Å². The number of nitrogens with two attached hydrogens (primary N) is 1. The SMILES string of the molecule is CC(C)[C@@H](OC(=O)[C@@H](C)SCc1ccc(Br)cc1)C(=O)NC(N)=O. The lowest BCUT2D eigenvalue weighted by molar-refractivity contribution is -0.157. The van der Waals surface area contributed by atoms with E-state index in [-0.39, 0.29) is 5.92 Å². The van der Waals surface area contributed by atoms with Crippen LogP contribution < -0.4 is 11.1 Å². The number of urea groups is 1. The Morgan fingerprint density at radius 1 is 1.21 bits per heavy atom. The number of halogens is 1. The number of hydrogen-bond donors (Lipinski definition) is 2. The van der Waals surface area contributed by atoms with Gasteiger partial charge in [-0.15, -0.1) is 11.8 Å². The summed E-state index contributed by atoms with van der Waals surface area (Å²) < 4.78 is 6.25. The highest BCUT2D eigenvalue weighted by atomic mass is 79.9. The number of carbonyl (C=O) groups excluding carboxylic acids is 3. The van der Waals surface area contributed by atoms with Gasteiger partial charge in [-0.05, 0) is 30.5 Å². The molecule has 0 aliphatic rings. The summed E-state index contributed by atoms with van der Waals surface area (Å²) in [4.78, 5) is 34.8. The van der Waals surface area contributed by atoms with Crippen LogP contribution in [0.25, 0.3) is 0 Å². The van der Waals surface area contributed by atoms with Crippen molar-refractivity contribution in [2.24, 2.45) is 11.7 Å². The molecule has 0 aliphatic heterocycles. The lowest BCUT2D eigenvalue weighted by atomic mass is 10.1. The van der Waals surface area contributed by atoms with Crippen LogP contribution in [0.15, 0.2) is 28.7 Å². The minimum atomic E-state index is -1.05. The fourth-order valence-electron chi connectivity index (χ4n) is 1.78. The molecule has 0 saturated carbocycles. The van der Waals surface area contributed by atoms with Crippen LogP contribution in [-0.4, -0.2) is 29.3 Å². The molecule has 1 aromatic carbocycles. The Balaban J connectivity index is 2.58. The first-order valence-electron chi connectivity index (χ1n) is 7.37. The number of amides is 3. The minimum absolute atomic E-state index is 0.281. The third-order valence-electron chi connectivity index (χ3n) is 3.10. The summed E-state index contributed by atoms with van der Waals surface area (Å²) in [5, 5.41) is 1.50. The van der Waals surface area contributed by atoms with Crippen molar-refractivity contribution in [3.05, 3.63) is 34.3 Å². The predicted octanol–water partition coefficient (Wildman–Crippen LogP) is 2.83. The Kier molecular flexibility index (Phi) is 8.27. The molecule has 0 fully saturated rings. The summed E-state index contributed by atoms with van der Waals surface area (Å²) in [6, 6.07) is 6.82. The highest BCUT2D eigenvalue weighted by molar-refractivity contribution is 9.10. The van der Waals surface area contributed by atoms with Crippen molar-refractivity contribution in [3.63, 3.8) is 0 Å². The van der Waals surface area contributed by atoms with Crippen LogP contribution in [0.3, 0.4) is 0 Å². The zero-order chi connectivity index (χ0) is 18.3. The quantitative estimate of drug-likeness (QED) is 0.665. The van der Waals surface area contributed by atoms with E-state index in [1.165, 1.54) is 11.8 Å². The molecule has 0 aliphatic carbocycles. The molecule has 0 heterocycles. The minimum Gasteiger partial charge on any atom is -0.451 e. The summed E-state index contributed by atoms with van der Waals surface area (Å²) >= 11 is 4.78. The molecule has 0 radical (unpaired) electrons. The Morgan fingerprint density at radius 2 is 1.79 bits per heavy atom. The molecule has 24 heavy (non-hydrogen) atoms. The standard InChI is InChI=1S/C16H21BrN2O4S/c1-9(2)13(14(20)19-16(18)22)23-15(21)10(3)24-8-11-4-6-12(17)7-5-11/h4-7,9-10,13H,8H2,1-3H3,(H3,18,19,20,22)/t10-,13-/m1/s1. The van der Waals surface area contributed by atoms with Gasteiger partial charge in [0.1, 0.15) is 0 Å². The van der Waals surface area contributed by atoms with Crippen LogP contribution in [-0.2, 0) is 20.1 Å². The zero-order valence-corrected chi connectivity index (χ0v) is 16.1. The number of benzene rings is 1. The summed E-state index contributed by atoms with van der Waals surface area (Å²) in [5.74, 6) is -0.855. The van der Waals surface area contributed by atoms with Gasteiger partial charge in [-0.1, -0.05) is 41.9 Å². The Hall–Kier alpha value is -1.54. The lowest BCUT2D eigenvalue weighted by Crippen LogP contribution is -2.46.